The van der Waals surface area contributed by atoms with E-state index in [1.807, 2.05) is 18.4 Å². The largest absolute Gasteiger partial charge is 0.463 e. The van der Waals surface area contributed by atoms with Gasteiger partial charge in [0.2, 0.25) is 0 Å². The minimum absolute atomic E-state index is 0.316. The number of ether oxygens (including phenoxy) is 1. The van der Waals surface area contributed by atoms with E-state index < -0.39 is 0 Å². The maximum Gasteiger partial charge on any atom is 0.338 e. The fourth-order valence-corrected chi connectivity index (χ4v) is 2.64. The van der Waals surface area contributed by atoms with Gasteiger partial charge in [0.1, 0.15) is 6.04 Å². The van der Waals surface area contributed by atoms with Crippen molar-refractivity contribution in [3.8, 4) is 0 Å². The first-order valence-electron chi connectivity index (χ1n) is 7.42. The van der Waals surface area contributed by atoms with Crippen LogP contribution in [0.2, 0.25) is 0 Å². The first kappa shape index (κ1) is 16.6. The van der Waals surface area contributed by atoms with E-state index in [4.69, 9.17) is 4.74 Å². The molecule has 0 saturated heterocycles. The second-order valence-electron chi connectivity index (χ2n) is 5.33. The van der Waals surface area contributed by atoms with Gasteiger partial charge in [-0.05, 0) is 30.2 Å². The van der Waals surface area contributed by atoms with Gasteiger partial charge in [0.25, 0.3) is 0 Å². The molecule has 1 aliphatic heterocycles. The first-order chi connectivity index (χ1) is 10.6. The van der Waals surface area contributed by atoms with Gasteiger partial charge < -0.3 is 10.1 Å². The van der Waals surface area contributed by atoms with Crippen molar-refractivity contribution < 1.29 is 9.53 Å². The molecule has 1 aromatic carbocycles. The molecule has 118 valence electrons. The number of aliphatic imine (C=N–C) groups is 1. The summed E-state index contributed by atoms with van der Waals surface area (Å²) in [5, 5.41) is 3.83. The zero-order valence-corrected chi connectivity index (χ0v) is 14.2. The normalized spacial score (nSPS) is 17.6. The van der Waals surface area contributed by atoms with Crippen molar-refractivity contribution in [2.75, 3.05) is 12.9 Å². The van der Waals surface area contributed by atoms with Crippen molar-refractivity contribution >= 4 is 22.9 Å². The lowest BCUT2D eigenvalue weighted by Gasteiger charge is -2.22. The number of benzene rings is 1. The highest BCUT2D eigenvalue weighted by atomic mass is 32.2. The van der Waals surface area contributed by atoms with Crippen LogP contribution in [0.25, 0.3) is 0 Å². The Hall–Kier alpha value is -1.75. The number of carbonyl (C=O) groups excluding carboxylic acids is 1. The maximum absolute atomic E-state index is 12.1. The van der Waals surface area contributed by atoms with Gasteiger partial charge in [-0.3, -0.25) is 0 Å². The SMILES string of the molecule is CCOC(=O)C1=CNC(SC)=NC1c1ccc(C(C)C)cc1. The number of nitrogens with one attached hydrogen (secondary N) is 1. The number of esters is 1. The van der Waals surface area contributed by atoms with Crippen LogP contribution in [0.3, 0.4) is 0 Å². The van der Waals surface area contributed by atoms with Crippen LogP contribution in [0.1, 0.15) is 43.9 Å². The number of hydrogen-bond acceptors (Lipinski definition) is 5. The van der Waals surface area contributed by atoms with Gasteiger partial charge in [-0.15, -0.1) is 0 Å². The van der Waals surface area contributed by atoms with Crippen molar-refractivity contribution in [2.45, 2.75) is 32.7 Å². The molecule has 0 aliphatic carbocycles. The van der Waals surface area contributed by atoms with Crippen LogP contribution in [0.4, 0.5) is 0 Å². The van der Waals surface area contributed by atoms with E-state index in [1.165, 1.54) is 17.3 Å². The van der Waals surface area contributed by atoms with E-state index in [-0.39, 0.29) is 12.0 Å². The fourth-order valence-electron chi connectivity index (χ4n) is 2.26. The molecule has 0 aromatic heterocycles. The van der Waals surface area contributed by atoms with Gasteiger partial charge in [0.05, 0.1) is 12.2 Å². The Labute approximate surface area is 136 Å². The van der Waals surface area contributed by atoms with Crippen molar-refractivity contribution in [1.29, 1.82) is 0 Å². The van der Waals surface area contributed by atoms with Gasteiger partial charge in [0.15, 0.2) is 5.17 Å². The van der Waals surface area contributed by atoms with Crippen LogP contribution in [0.15, 0.2) is 41.0 Å². The summed E-state index contributed by atoms with van der Waals surface area (Å²) in [6.45, 7) is 6.48. The molecule has 1 N–H and O–H groups in total. The molecule has 0 radical (unpaired) electrons. The average molecular weight is 318 g/mol. The molecule has 0 saturated carbocycles. The summed E-state index contributed by atoms with van der Waals surface area (Å²) < 4.78 is 5.14. The highest BCUT2D eigenvalue weighted by Crippen LogP contribution is 2.30. The lowest BCUT2D eigenvalue weighted by Crippen LogP contribution is -2.26. The van der Waals surface area contributed by atoms with Gasteiger partial charge in [0, 0.05) is 6.20 Å². The Morgan fingerprint density at radius 3 is 2.59 bits per heavy atom. The molecular formula is C17H22N2O2S. The summed E-state index contributed by atoms with van der Waals surface area (Å²) >= 11 is 1.52. The lowest BCUT2D eigenvalue weighted by atomic mass is 9.95. The Balaban J connectivity index is 2.33. The van der Waals surface area contributed by atoms with Crippen molar-refractivity contribution in [2.24, 2.45) is 4.99 Å². The van der Waals surface area contributed by atoms with Crippen LogP contribution in [-0.4, -0.2) is 24.0 Å². The maximum atomic E-state index is 12.1. The van der Waals surface area contributed by atoms with Crippen molar-refractivity contribution in [3.05, 3.63) is 47.2 Å². The Morgan fingerprint density at radius 1 is 1.36 bits per heavy atom. The Bertz CT molecular complexity index is 591. The summed E-state index contributed by atoms with van der Waals surface area (Å²) in [4.78, 5) is 16.8. The monoisotopic (exact) mass is 318 g/mol. The molecule has 5 heteroatoms. The Morgan fingerprint density at radius 2 is 2.05 bits per heavy atom. The molecule has 4 nitrogen and oxygen atoms in total. The van der Waals surface area contributed by atoms with E-state index >= 15 is 0 Å². The topological polar surface area (TPSA) is 50.7 Å². The van der Waals surface area contributed by atoms with Gasteiger partial charge >= 0.3 is 5.97 Å². The molecule has 0 amide bonds. The highest BCUT2D eigenvalue weighted by molar-refractivity contribution is 8.13. The fraction of sp³-hybridized carbons (Fsp3) is 0.412. The molecule has 1 aliphatic rings. The van der Waals surface area contributed by atoms with Crippen LogP contribution in [0.5, 0.6) is 0 Å². The Kier molecular flexibility index (Phi) is 5.66. The van der Waals surface area contributed by atoms with Gasteiger partial charge in [-0.2, -0.15) is 0 Å². The van der Waals surface area contributed by atoms with Crippen LogP contribution >= 0.6 is 11.8 Å². The molecule has 2 rings (SSSR count). The number of thioether (sulfide) groups is 1. The third kappa shape index (κ3) is 3.71. The zero-order chi connectivity index (χ0) is 16.1. The van der Waals surface area contributed by atoms with E-state index in [1.54, 1.807) is 13.1 Å². The number of amidine groups is 1. The molecule has 22 heavy (non-hydrogen) atoms. The van der Waals surface area contributed by atoms with E-state index in [2.05, 4.69) is 36.3 Å². The standard InChI is InChI=1S/C17H22N2O2S/c1-5-21-16(20)14-10-18-17(22-4)19-15(14)13-8-6-12(7-9-13)11(2)3/h6-11,15H,5H2,1-4H3,(H,18,19). The number of hydrogen-bond donors (Lipinski definition) is 1. The predicted octanol–water partition coefficient (Wildman–Crippen LogP) is 3.62. The molecular weight excluding hydrogens is 296 g/mol. The van der Waals surface area contributed by atoms with Crippen molar-refractivity contribution in [3.63, 3.8) is 0 Å². The zero-order valence-electron chi connectivity index (χ0n) is 13.4. The third-order valence-corrected chi connectivity index (χ3v) is 4.13. The molecule has 1 heterocycles. The van der Waals surface area contributed by atoms with E-state index in [0.717, 1.165) is 10.7 Å². The summed E-state index contributed by atoms with van der Waals surface area (Å²) in [6, 6.07) is 7.96. The third-order valence-electron chi connectivity index (χ3n) is 3.52. The number of carbonyl (C=O) groups is 1. The van der Waals surface area contributed by atoms with E-state index in [0.29, 0.717) is 18.1 Å². The second-order valence-corrected chi connectivity index (χ2v) is 6.12. The quantitative estimate of drug-likeness (QED) is 0.862. The van der Waals surface area contributed by atoms with Gasteiger partial charge in [-0.1, -0.05) is 49.9 Å². The van der Waals surface area contributed by atoms with Crippen LogP contribution in [0, 0.1) is 0 Å². The second kappa shape index (κ2) is 7.49. The summed E-state index contributed by atoms with van der Waals surface area (Å²) in [7, 11) is 0. The minimum Gasteiger partial charge on any atom is -0.463 e. The minimum atomic E-state index is -0.322. The van der Waals surface area contributed by atoms with Crippen molar-refractivity contribution in [1.82, 2.24) is 5.32 Å². The summed E-state index contributed by atoms with van der Waals surface area (Å²) in [5.41, 5.74) is 2.81. The molecule has 0 spiro atoms. The lowest BCUT2D eigenvalue weighted by molar-refractivity contribution is -0.138. The average Bonchev–Trinajstić information content (AvgIpc) is 2.54. The summed E-state index contributed by atoms with van der Waals surface area (Å²) in [6.07, 6.45) is 3.66. The molecule has 1 unspecified atom stereocenters. The number of rotatable bonds is 4. The molecule has 0 bridgehead atoms. The highest BCUT2D eigenvalue weighted by Gasteiger charge is 2.27. The van der Waals surface area contributed by atoms with Gasteiger partial charge in [-0.25, -0.2) is 9.79 Å². The van der Waals surface area contributed by atoms with Crippen LogP contribution < -0.4 is 5.32 Å². The van der Waals surface area contributed by atoms with Crippen LogP contribution in [-0.2, 0) is 9.53 Å². The summed E-state index contributed by atoms with van der Waals surface area (Å²) in [5.74, 6) is 0.157. The van der Waals surface area contributed by atoms with E-state index in [9.17, 15) is 4.79 Å². The first-order valence-corrected chi connectivity index (χ1v) is 8.64. The predicted molar refractivity (Wildman–Crippen MR) is 92.1 cm³/mol. The molecule has 0 fully saturated rings. The smallest absolute Gasteiger partial charge is 0.338 e. The molecule has 1 aromatic rings. The molecule has 1 atom stereocenters. The number of nitrogens with zero attached hydrogens (tertiary/aromatic N) is 1.